The summed E-state index contributed by atoms with van der Waals surface area (Å²) >= 11 is 0. The topological polar surface area (TPSA) is 91.0 Å². The van der Waals surface area contributed by atoms with E-state index in [0.717, 1.165) is 77.8 Å². The third-order valence-corrected chi connectivity index (χ3v) is 5.48. The fraction of sp³-hybridized carbons (Fsp3) is 0.917. The summed E-state index contributed by atoms with van der Waals surface area (Å²) in [5.74, 6) is 0. The first kappa shape index (κ1) is 28.8. The summed E-state index contributed by atoms with van der Waals surface area (Å²) in [6, 6.07) is 4.42. The van der Waals surface area contributed by atoms with Crippen molar-refractivity contribution < 1.29 is 18.9 Å². The molecule has 0 aromatic carbocycles. The minimum absolute atomic E-state index is 0.615. The summed E-state index contributed by atoms with van der Waals surface area (Å²) in [5.41, 5.74) is 0. The number of rotatable bonds is 10. The van der Waals surface area contributed by atoms with Gasteiger partial charge in [-0.2, -0.15) is 10.5 Å². The minimum atomic E-state index is 0.615. The lowest BCUT2D eigenvalue weighted by atomic mass is 10.2. The molecule has 0 amide bonds. The Kier molecular flexibility index (Phi) is 20.6. The summed E-state index contributed by atoms with van der Waals surface area (Å²) in [6.07, 6.45) is 7.62. The zero-order chi connectivity index (χ0) is 23.0. The fourth-order valence-electron chi connectivity index (χ4n) is 3.52. The Bertz CT molecular complexity index is 431. The molecule has 0 spiro atoms. The van der Waals surface area contributed by atoms with Crippen molar-refractivity contribution in [1.29, 1.82) is 10.5 Å². The Morgan fingerprint density at radius 2 is 0.812 bits per heavy atom. The maximum absolute atomic E-state index is 8.65. The molecule has 8 nitrogen and oxygen atoms in total. The van der Waals surface area contributed by atoms with Crippen molar-refractivity contribution in [1.82, 2.24) is 9.80 Å². The van der Waals surface area contributed by atoms with Crippen LogP contribution in [0, 0.1) is 22.7 Å². The molecule has 32 heavy (non-hydrogen) atoms. The van der Waals surface area contributed by atoms with Gasteiger partial charge in [0, 0.05) is 39.0 Å². The van der Waals surface area contributed by atoms with E-state index in [9.17, 15) is 0 Å². The van der Waals surface area contributed by atoms with Crippen molar-refractivity contribution in [3.63, 3.8) is 0 Å². The molecular weight excluding hydrogens is 408 g/mol. The fourth-order valence-corrected chi connectivity index (χ4v) is 3.52. The van der Waals surface area contributed by atoms with Crippen LogP contribution in [-0.2, 0) is 18.9 Å². The Morgan fingerprint density at radius 1 is 0.469 bits per heavy atom. The molecule has 0 radical (unpaired) electrons. The van der Waals surface area contributed by atoms with Gasteiger partial charge in [-0.15, -0.1) is 0 Å². The number of hydrogen-bond donors (Lipinski definition) is 0. The lowest BCUT2D eigenvalue weighted by Gasteiger charge is -2.23. The summed E-state index contributed by atoms with van der Waals surface area (Å²) < 4.78 is 23.1. The second kappa shape index (κ2) is 22.9. The van der Waals surface area contributed by atoms with Crippen LogP contribution in [0.1, 0.15) is 51.4 Å². The van der Waals surface area contributed by atoms with E-state index < -0.39 is 0 Å². The highest BCUT2D eigenvalue weighted by Crippen LogP contribution is 2.03. The lowest BCUT2D eigenvalue weighted by Crippen LogP contribution is -2.34. The second-order valence-corrected chi connectivity index (χ2v) is 8.07. The molecule has 0 unspecified atom stereocenters. The molecule has 0 N–H and O–H groups in total. The summed E-state index contributed by atoms with van der Waals surface area (Å²) in [5, 5.41) is 17.3. The first-order valence-electron chi connectivity index (χ1n) is 12.4. The second-order valence-electron chi connectivity index (χ2n) is 8.07. The van der Waals surface area contributed by atoms with Crippen molar-refractivity contribution in [3.05, 3.63) is 0 Å². The van der Waals surface area contributed by atoms with E-state index in [0.29, 0.717) is 65.7 Å². The lowest BCUT2D eigenvalue weighted by molar-refractivity contribution is 0.00778. The van der Waals surface area contributed by atoms with Crippen LogP contribution in [0.5, 0.6) is 0 Å². The molecule has 1 aliphatic rings. The summed E-state index contributed by atoms with van der Waals surface area (Å²) in [4.78, 5) is 4.76. The smallest absolute Gasteiger partial charge is 0.0701 e. The molecule has 0 saturated carbocycles. The molecule has 184 valence electrons. The van der Waals surface area contributed by atoms with Crippen LogP contribution in [0.4, 0.5) is 0 Å². The summed E-state index contributed by atoms with van der Waals surface area (Å²) in [7, 11) is 0. The number of nitrogens with zero attached hydrogens (tertiary/aromatic N) is 4. The Labute approximate surface area is 195 Å². The van der Waals surface area contributed by atoms with E-state index in [1.165, 1.54) is 0 Å². The van der Waals surface area contributed by atoms with Crippen LogP contribution in [0.2, 0.25) is 0 Å². The van der Waals surface area contributed by atoms with Gasteiger partial charge in [0.1, 0.15) is 0 Å². The highest BCUT2D eigenvalue weighted by atomic mass is 16.5. The van der Waals surface area contributed by atoms with Gasteiger partial charge in [-0.25, -0.2) is 0 Å². The molecule has 0 atom stereocenters. The van der Waals surface area contributed by atoms with E-state index in [1.807, 2.05) is 0 Å². The monoisotopic (exact) mass is 452 g/mol. The molecule has 1 saturated heterocycles. The van der Waals surface area contributed by atoms with Crippen molar-refractivity contribution in [3.8, 4) is 12.1 Å². The van der Waals surface area contributed by atoms with Crippen molar-refractivity contribution in [2.24, 2.45) is 0 Å². The van der Waals surface area contributed by atoms with E-state index in [4.69, 9.17) is 29.5 Å². The number of unbranched alkanes of at least 4 members (excludes halogenated alkanes) is 6. The number of hydrogen-bond acceptors (Lipinski definition) is 8. The zero-order valence-corrected chi connectivity index (χ0v) is 20.0. The van der Waals surface area contributed by atoms with Gasteiger partial charge < -0.3 is 18.9 Å². The first-order valence-corrected chi connectivity index (χ1v) is 12.4. The Balaban J connectivity index is 2.29. The van der Waals surface area contributed by atoms with E-state index in [-0.39, 0.29) is 0 Å². The molecule has 0 aromatic heterocycles. The molecule has 1 fully saturated rings. The third-order valence-electron chi connectivity index (χ3n) is 5.48. The van der Waals surface area contributed by atoms with Crippen LogP contribution in [0.25, 0.3) is 0 Å². The maximum atomic E-state index is 8.65. The van der Waals surface area contributed by atoms with Gasteiger partial charge in [-0.05, 0) is 38.8 Å². The Hall–Kier alpha value is -1.26. The largest absolute Gasteiger partial charge is 0.378 e. The molecule has 0 bridgehead atoms. The molecular formula is C24H44N4O4. The van der Waals surface area contributed by atoms with Crippen LogP contribution in [0.3, 0.4) is 0 Å². The van der Waals surface area contributed by atoms with Crippen LogP contribution >= 0.6 is 0 Å². The van der Waals surface area contributed by atoms with Crippen LogP contribution in [-0.4, -0.2) is 102 Å². The SMILES string of the molecule is N#CCCCCCN1CCOCCOCCN(CCCCCC#N)CCOCCOCC1. The van der Waals surface area contributed by atoms with Gasteiger partial charge in [-0.1, -0.05) is 12.8 Å². The normalized spacial score (nSPS) is 19.4. The van der Waals surface area contributed by atoms with Gasteiger partial charge in [0.15, 0.2) is 0 Å². The van der Waals surface area contributed by atoms with Crippen molar-refractivity contribution in [2.45, 2.75) is 51.4 Å². The predicted molar refractivity (Wildman–Crippen MR) is 124 cm³/mol. The standard InChI is InChI=1S/C24H44N4O4/c25-9-5-1-3-7-11-27-13-17-29-21-23-31-19-15-28(12-8-4-2-6-10-26)16-20-32-24-22-30-18-14-27/h1-8,11-24H2. The summed E-state index contributed by atoms with van der Waals surface area (Å²) in [6.45, 7) is 10.8. The van der Waals surface area contributed by atoms with Crippen molar-refractivity contribution >= 4 is 0 Å². The molecule has 1 heterocycles. The molecule has 1 rings (SSSR count). The third kappa shape index (κ3) is 18.3. The van der Waals surface area contributed by atoms with Crippen molar-refractivity contribution in [2.75, 3.05) is 92.1 Å². The average molecular weight is 453 g/mol. The maximum Gasteiger partial charge on any atom is 0.0701 e. The van der Waals surface area contributed by atoms with Gasteiger partial charge in [0.2, 0.25) is 0 Å². The number of ether oxygens (including phenoxy) is 4. The molecule has 0 aliphatic carbocycles. The van der Waals surface area contributed by atoms with Crippen LogP contribution < -0.4 is 0 Å². The molecule has 8 heteroatoms. The van der Waals surface area contributed by atoms with E-state index in [2.05, 4.69) is 21.9 Å². The average Bonchev–Trinajstić information content (AvgIpc) is 2.80. The van der Waals surface area contributed by atoms with Crippen LogP contribution in [0.15, 0.2) is 0 Å². The van der Waals surface area contributed by atoms with Gasteiger partial charge >= 0.3 is 0 Å². The Morgan fingerprint density at radius 3 is 1.12 bits per heavy atom. The predicted octanol–water partition coefficient (Wildman–Crippen LogP) is 2.84. The first-order chi connectivity index (χ1) is 15.9. The number of nitriles is 2. The molecule has 0 aromatic rings. The van der Waals surface area contributed by atoms with Gasteiger partial charge in [0.05, 0.1) is 65.0 Å². The zero-order valence-electron chi connectivity index (χ0n) is 20.0. The molecule has 1 aliphatic heterocycles. The van der Waals surface area contributed by atoms with E-state index in [1.54, 1.807) is 0 Å². The highest BCUT2D eigenvalue weighted by molar-refractivity contribution is 4.69. The van der Waals surface area contributed by atoms with E-state index >= 15 is 0 Å². The highest BCUT2D eigenvalue weighted by Gasteiger charge is 2.07. The quantitative estimate of drug-likeness (QED) is 0.467. The minimum Gasteiger partial charge on any atom is -0.378 e. The van der Waals surface area contributed by atoms with Gasteiger partial charge in [0.25, 0.3) is 0 Å². The van der Waals surface area contributed by atoms with Gasteiger partial charge in [-0.3, -0.25) is 9.80 Å².